The lowest BCUT2D eigenvalue weighted by atomic mass is 9.90. The average molecular weight is 394 g/mol. The van der Waals surface area contributed by atoms with Crippen molar-refractivity contribution in [1.82, 2.24) is 4.90 Å². The number of hydrogen-bond donors (Lipinski definition) is 1. The lowest BCUT2D eigenvalue weighted by molar-refractivity contribution is -0.384. The zero-order chi connectivity index (χ0) is 20.1. The molecule has 1 N–H and O–H groups in total. The monoisotopic (exact) mass is 393 g/mol. The molecule has 28 heavy (non-hydrogen) atoms. The summed E-state index contributed by atoms with van der Waals surface area (Å²) >= 11 is 0. The molecule has 2 unspecified atom stereocenters. The van der Waals surface area contributed by atoms with Crippen LogP contribution in [0.5, 0.6) is 0 Å². The highest BCUT2D eigenvalue weighted by molar-refractivity contribution is 5.63. The lowest BCUT2D eigenvalue weighted by Gasteiger charge is -2.41. The van der Waals surface area contributed by atoms with Crippen LogP contribution in [0.25, 0.3) is 0 Å². The smallest absolute Gasteiger partial charge is 0.295 e. The van der Waals surface area contributed by atoms with Crippen molar-refractivity contribution >= 4 is 11.4 Å². The maximum Gasteiger partial charge on any atom is 0.295 e. The molecule has 2 aliphatic rings. The number of aryl methyl sites for hydroxylation is 1. The summed E-state index contributed by atoms with van der Waals surface area (Å²) in [6.45, 7) is 6.59. The first kappa shape index (κ1) is 21.0. The van der Waals surface area contributed by atoms with Gasteiger partial charge in [0.15, 0.2) is 0 Å². The molecular weight excluding hydrogens is 361 g/mol. The number of nitro benzene ring substituents is 1. The third-order valence-electron chi connectivity index (χ3n) is 6.04. The van der Waals surface area contributed by atoms with Gasteiger partial charge in [0.05, 0.1) is 17.1 Å². The third kappa shape index (κ3) is 5.20. The van der Waals surface area contributed by atoms with Crippen molar-refractivity contribution < 1.29 is 14.1 Å². The Labute approximate surface area is 166 Å². The Morgan fingerprint density at radius 2 is 2.04 bits per heavy atom. The van der Waals surface area contributed by atoms with Gasteiger partial charge in [-0.3, -0.25) is 10.1 Å². The lowest BCUT2D eigenvalue weighted by Crippen LogP contribution is -2.47. The molecule has 1 aromatic carbocycles. The number of benzene rings is 1. The molecule has 7 heteroatoms. The quantitative estimate of drug-likeness (QED) is 0.539. The van der Waals surface area contributed by atoms with Crippen molar-refractivity contribution in [3.05, 3.63) is 33.6 Å². The Bertz CT molecular complexity index is 677. The fourth-order valence-electron chi connectivity index (χ4n) is 4.45. The predicted molar refractivity (Wildman–Crippen MR) is 108 cm³/mol. The van der Waals surface area contributed by atoms with E-state index in [1.54, 1.807) is 13.0 Å². The van der Waals surface area contributed by atoms with Gasteiger partial charge in [-0.2, -0.15) is 0 Å². The number of ether oxygens (including phenoxy) is 1. The van der Waals surface area contributed by atoms with Crippen LogP contribution >= 0.6 is 0 Å². The number of nitro groups is 1. The van der Waals surface area contributed by atoms with Crippen LogP contribution in [0.1, 0.15) is 57.4 Å². The molecule has 0 spiro atoms. The normalized spacial score (nSPS) is 24.2. The third-order valence-corrected chi connectivity index (χ3v) is 6.04. The maximum atomic E-state index is 13.7. The van der Waals surface area contributed by atoms with Gasteiger partial charge in [-0.05, 0) is 63.5 Å². The van der Waals surface area contributed by atoms with E-state index >= 15 is 0 Å². The average Bonchev–Trinajstić information content (AvgIpc) is 2.69. The van der Waals surface area contributed by atoms with E-state index in [9.17, 15) is 14.5 Å². The van der Waals surface area contributed by atoms with Gasteiger partial charge in [0.1, 0.15) is 11.5 Å². The minimum Gasteiger partial charge on any atom is -0.378 e. The van der Waals surface area contributed by atoms with Crippen molar-refractivity contribution in [3.63, 3.8) is 0 Å². The van der Waals surface area contributed by atoms with Crippen molar-refractivity contribution in [2.45, 2.75) is 77.0 Å². The van der Waals surface area contributed by atoms with Crippen molar-refractivity contribution in [1.29, 1.82) is 0 Å². The topological polar surface area (TPSA) is 67.6 Å². The minimum absolute atomic E-state index is 0.176. The van der Waals surface area contributed by atoms with Crippen LogP contribution in [-0.4, -0.2) is 47.7 Å². The summed E-state index contributed by atoms with van der Waals surface area (Å²) in [5.41, 5.74) is 0.660. The largest absolute Gasteiger partial charge is 0.378 e. The van der Waals surface area contributed by atoms with Gasteiger partial charge in [-0.1, -0.05) is 6.92 Å². The Morgan fingerprint density at radius 1 is 1.29 bits per heavy atom. The van der Waals surface area contributed by atoms with Crippen LogP contribution < -0.4 is 5.32 Å². The zero-order valence-electron chi connectivity index (χ0n) is 17.0. The molecule has 1 aliphatic heterocycles. The van der Waals surface area contributed by atoms with E-state index in [0.717, 1.165) is 51.4 Å². The fourth-order valence-corrected chi connectivity index (χ4v) is 4.45. The molecule has 0 bridgehead atoms. The van der Waals surface area contributed by atoms with Crippen molar-refractivity contribution in [3.8, 4) is 0 Å². The summed E-state index contributed by atoms with van der Waals surface area (Å²) in [6, 6.07) is 3.33. The summed E-state index contributed by atoms with van der Waals surface area (Å²) in [5.74, 6) is -0.538. The van der Waals surface area contributed by atoms with Gasteiger partial charge in [0.2, 0.25) is 0 Å². The molecule has 2 atom stereocenters. The Kier molecular flexibility index (Phi) is 7.24. The van der Waals surface area contributed by atoms with Crippen LogP contribution in [0.3, 0.4) is 0 Å². The Hall–Kier alpha value is -1.73. The highest BCUT2D eigenvalue weighted by Crippen LogP contribution is 2.31. The molecule has 2 fully saturated rings. The zero-order valence-corrected chi connectivity index (χ0v) is 17.0. The first-order valence-corrected chi connectivity index (χ1v) is 10.5. The number of hydrogen-bond acceptors (Lipinski definition) is 5. The number of nitrogens with zero attached hydrogens (tertiary/aromatic N) is 2. The first-order valence-electron chi connectivity index (χ1n) is 10.5. The second-order valence-electron chi connectivity index (χ2n) is 8.14. The van der Waals surface area contributed by atoms with Crippen molar-refractivity contribution in [2.24, 2.45) is 0 Å². The molecule has 1 heterocycles. The molecule has 156 valence electrons. The highest BCUT2D eigenvalue weighted by Gasteiger charge is 2.30. The van der Waals surface area contributed by atoms with E-state index in [4.69, 9.17) is 4.74 Å². The number of halogens is 1. The molecule has 0 aromatic heterocycles. The maximum absolute atomic E-state index is 13.7. The van der Waals surface area contributed by atoms with Gasteiger partial charge < -0.3 is 15.0 Å². The van der Waals surface area contributed by atoms with E-state index in [-0.39, 0.29) is 11.7 Å². The summed E-state index contributed by atoms with van der Waals surface area (Å²) in [5, 5.41) is 14.6. The number of rotatable bonds is 7. The molecule has 1 saturated carbocycles. The van der Waals surface area contributed by atoms with Crippen molar-refractivity contribution in [2.75, 3.05) is 25.0 Å². The number of likely N-dealkylation sites (tertiary alicyclic amines) is 1. The van der Waals surface area contributed by atoms with Gasteiger partial charge in [0, 0.05) is 31.8 Å². The molecule has 3 rings (SSSR count). The van der Waals surface area contributed by atoms with E-state index < -0.39 is 10.7 Å². The van der Waals surface area contributed by atoms with Crippen LogP contribution in [0.4, 0.5) is 15.8 Å². The summed E-state index contributed by atoms with van der Waals surface area (Å²) in [6.07, 6.45) is 8.05. The minimum atomic E-state index is -0.538. The molecule has 1 aromatic rings. The summed E-state index contributed by atoms with van der Waals surface area (Å²) in [7, 11) is 0. The van der Waals surface area contributed by atoms with Crippen LogP contribution in [0.2, 0.25) is 0 Å². The van der Waals surface area contributed by atoms with Crippen LogP contribution in [-0.2, 0) is 4.74 Å². The predicted octanol–water partition coefficient (Wildman–Crippen LogP) is 4.66. The molecule has 1 saturated heterocycles. The van der Waals surface area contributed by atoms with E-state index in [1.807, 2.05) is 0 Å². The second-order valence-corrected chi connectivity index (χ2v) is 8.14. The highest BCUT2D eigenvalue weighted by atomic mass is 19.1. The van der Waals surface area contributed by atoms with E-state index in [2.05, 4.69) is 17.1 Å². The first-order chi connectivity index (χ1) is 13.5. The Morgan fingerprint density at radius 3 is 2.71 bits per heavy atom. The number of nitrogens with one attached hydrogen (secondary N) is 1. The van der Waals surface area contributed by atoms with E-state index in [1.165, 1.54) is 19.3 Å². The van der Waals surface area contributed by atoms with Gasteiger partial charge >= 0.3 is 0 Å². The SMILES string of the molecule is CCCOC1CCCC(N2CCC(Nc3cc(C)c(F)cc3[N+](=O)[O-])CC2)C1. The summed E-state index contributed by atoms with van der Waals surface area (Å²) in [4.78, 5) is 13.3. The van der Waals surface area contributed by atoms with E-state index in [0.29, 0.717) is 23.4 Å². The van der Waals surface area contributed by atoms with Gasteiger partial charge in [-0.25, -0.2) is 4.39 Å². The van der Waals surface area contributed by atoms with Crippen LogP contribution in [0.15, 0.2) is 12.1 Å². The van der Waals surface area contributed by atoms with Crippen LogP contribution in [0, 0.1) is 22.9 Å². The fraction of sp³-hybridized carbons (Fsp3) is 0.714. The molecule has 0 radical (unpaired) electrons. The molecular formula is C21H32FN3O3. The Balaban J connectivity index is 1.55. The second kappa shape index (κ2) is 9.65. The van der Waals surface area contributed by atoms with Gasteiger partial charge in [0.25, 0.3) is 5.69 Å². The van der Waals surface area contributed by atoms with Gasteiger partial charge in [-0.15, -0.1) is 0 Å². The standard InChI is InChI=1S/C21H32FN3O3/c1-3-11-28-18-6-4-5-17(13-18)24-9-7-16(8-10-24)23-20-12-15(2)19(22)14-21(20)25(26)27/h12,14,16-18,23H,3-11,13H2,1-2H3. The number of anilines is 1. The summed E-state index contributed by atoms with van der Waals surface area (Å²) < 4.78 is 19.7. The number of piperidine rings is 1. The molecule has 6 nitrogen and oxygen atoms in total. The molecule has 0 amide bonds. The molecule has 1 aliphatic carbocycles.